The highest BCUT2D eigenvalue weighted by atomic mass is 35.5. The molecule has 0 aromatic heterocycles. The van der Waals surface area contributed by atoms with E-state index in [1.54, 1.807) is 36.4 Å². The molecule has 3 rings (SSSR count). The second-order valence-corrected chi connectivity index (χ2v) is 6.99. The number of rotatable bonds is 3. The van der Waals surface area contributed by atoms with E-state index in [9.17, 15) is 9.59 Å². The summed E-state index contributed by atoms with van der Waals surface area (Å²) in [6, 6.07) is 12.3. The first-order chi connectivity index (χ1) is 11.8. The second kappa shape index (κ2) is 6.73. The minimum Gasteiger partial charge on any atom is -0.487 e. The van der Waals surface area contributed by atoms with Crippen LogP contribution in [0.4, 0.5) is 5.69 Å². The molecule has 0 bridgehead atoms. The van der Waals surface area contributed by atoms with Crippen LogP contribution in [0, 0.1) is 0 Å². The molecule has 0 aliphatic carbocycles. The topological polar surface area (TPSA) is 55.4 Å². The molecule has 0 spiro atoms. The summed E-state index contributed by atoms with van der Waals surface area (Å²) >= 11 is 5.91. The van der Waals surface area contributed by atoms with Crippen LogP contribution in [-0.2, 0) is 4.79 Å². The Labute approximate surface area is 151 Å². The van der Waals surface area contributed by atoms with E-state index in [-0.39, 0.29) is 11.7 Å². The van der Waals surface area contributed by atoms with Crippen LogP contribution < -0.4 is 10.1 Å². The fourth-order valence-electron chi connectivity index (χ4n) is 2.70. The number of ether oxygens (including phenoxy) is 1. The van der Waals surface area contributed by atoms with Crippen LogP contribution in [0.5, 0.6) is 5.75 Å². The molecule has 0 atom stereocenters. The average Bonchev–Trinajstić information content (AvgIpc) is 2.53. The number of hydrogen-bond donors (Lipinski definition) is 1. The minimum absolute atomic E-state index is 0.0109. The number of anilines is 1. The van der Waals surface area contributed by atoms with E-state index in [2.05, 4.69) is 5.32 Å². The van der Waals surface area contributed by atoms with Gasteiger partial charge in [-0.2, -0.15) is 0 Å². The van der Waals surface area contributed by atoms with Crippen molar-refractivity contribution in [3.63, 3.8) is 0 Å². The number of carbonyl (C=O) groups excluding carboxylic acids is 2. The maximum atomic E-state index is 12.3. The van der Waals surface area contributed by atoms with Gasteiger partial charge in [-0.25, -0.2) is 0 Å². The molecule has 4 nitrogen and oxygen atoms in total. The molecule has 1 heterocycles. The zero-order valence-corrected chi connectivity index (χ0v) is 14.8. The van der Waals surface area contributed by atoms with Crippen molar-refractivity contribution in [3.05, 3.63) is 64.7 Å². The first kappa shape index (κ1) is 17.2. The molecule has 1 amide bonds. The molecule has 0 unspecified atom stereocenters. The summed E-state index contributed by atoms with van der Waals surface area (Å²) < 4.78 is 5.81. The maximum Gasteiger partial charge on any atom is 0.248 e. The third-order valence-corrected chi connectivity index (χ3v) is 4.03. The molecule has 25 heavy (non-hydrogen) atoms. The van der Waals surface area contributed by atoms with Crippen molar-refractivity contribution in [2.75, 3.05) is 5.32 Å². The van der Waals surface area contributed by atoms with Crippen molar-refractivity contribution < 1.29 is 14.3 Å². The van der Waals surface area contributed by atoms with Gasteiger partial charge in [0.1, 0.15) is 11.4 Å². The molecule has 128 valence electrons. The lowest BCUT2D eigenvalue weighted by Crippen LogP contribution is -2.35. The van der Waals surface area contributed by atoms with Crippen molar-refractivity contribution in [1.82, 2.24) is 0 Å². The number of fused-ring (bicyclic) bond motifs is 1. The number of halogens is 1. The summed E-state index contributed by atoms with van der Waals surface area (Å²) in [5.74, 6) is 0.273. The van der Waals surface area contributed by atoms with Gasteiger partial charge < -0.3 is 10.1 Å². The fraction of sp³-hybridized carbons (Fsp3) is 0.200. The Hall–Kier alpha value is -2.59. The van der Waals surface area contributed by atoms with Crippen molar-refractivity contribution in [2.24, 2.45) is 0 Å². The molecule has 1 N–H and O–H groups in total. The number of benzene rings is 2. The Morgan fingerprint density at radius 3 is 2.80 bits per heavy atom. The van der Waals surface area contributed by atoms with Crippen molar-refractivity contribution in [1.29, 1.82) is 0 Å². The highest BCUT2D eigenvalue weighted by Crippen LogP contribution is 2.34. The molecular formula is C20H18ClNO3. The van der Waals surface area contributed by atoms with Gasteiger partial charge in [-0.05, 0) is 55.8 Å². The first-order valence-corrected chi connectivity index (χ1v) is 8.31. The molecule has 0 fully saturated rings. The first-order valence-electron chi connectivity index (χ1n) is 7.93. The fourth-order valence-corrected chi connectivity index (χ4v) is 2.90. The van der Waals surface area contributed by atoms with Crippen LogP contribution in [-0.4, -0.2) is 17.3 Å². The largest absolute Gasteiger partial charge is 0.487 e. The van der Waals surface area contributed by atoms with E-state index in [0.717, 1.165) is 5.56 Å². The summed E-state index contributed by atoms with van der Waals surface area (Å²) in [4.78, 5) is 24.3. The van der Waals surface area contributed by atoms with Gasteiger partial charge in [0.25, 0.3) is 0 Å². The third-order valence-electron chi connectivity index (χ3n) is 3.80. The molecule has 2 aromatic rings. The Balaban J connectivity index is 1.72. The normalized spacial score (nSPS) is 15.6. The SMILES string of the molecule is CC1(C)CC(=O)c2cc(NC(=O)/C=C/c3cccc(Cl)c3)ccc2O1. The summed E-state index contributed by atoms with van der Waals surface area (Å²) in [5, 5.41) is 3.36. The predicted octanol–water partition coefficient (Wildman–Crippen LogP) is 4.74. The van der Waals surface area contributed by atoms with Crippen molar-refractivity contribution in [2.45, 2.75) is 25.9 Å². The Morgan fingerprint density at radius 1 is 1.24 bits per heavy atom. The van der Waals surface area contributed by atoms with E-state index in [0.29, 0.717) is 28.4 Å². The Morgan fingerprint density at radius 2 is 2.04 bits per heavy atom. The minimum atomic E-state index is -0.505. The predicted molar refractivity (Wildman–Crippen MR) is 99.2 cm³/mol. The molecule has 2 aromatic carbocycles. The highest BCUT2D eigenvalue weighted by molar-refractivity contribution is 6.30. The van der Waals surface area contributed by atoms with Crippen molar-refractivity contribution in [3.8, 4) is 5.75 Å². The number of nitrogens with one attached hydrogen (secondary N) is 1. The summed E-state index contributed by atoms with van der Waals surface area (Å²) in [6.45, 7) is 3.76. The molecule has 0 saturated carbocycles. The van der Waals surface area contributed by atoms with E-state index in [1.165, 1.54) is 6.08 Å². The number of carbonyl (C=O) groups is 2. The van der Waals surface area contributed by atoms with Crippen LogP contribution in [0.3, 0.4) is 0 Å². The summed E-state index contributed by atoms with van der Waals surface area (Å²) in [7, 11) is 0. The zero-order valence-electron chi connectivity index (χ0n) is 14.0. The van der Waals surface area contributed by atoms with Crippen LogP contribution in [0.25, 0.3) is 6.08 Å². The quantitative estimate of drug-likeness (QED) is 0.809. The van der Waals surface area contributed by atoms with Gasteiger partial charge >= 0.3 is 0 Å². The number of Topliss-reactive ketones (excluding diaryl/α,β-unsaturated/α-hetero) is 1. The van der Waals surface area contributed by atoms with Crippen molar-refractivity contribution >= 4 is 35.1 Å². The summed E-state index contributed by atoms with van der Waals surface area (Å²) in [6.07, 6.45) is 3.41. The van der Waals surface area contributed by atoms with Gasteiger partial charge in [0.15, 0.2) is 5.78 Å². The lowest BCUT2D eigenvalue weighted by molar-refractivity contribution is -0.111. The Bertz CT molecular complexity index is 871. The van der Waals surface area contributed by atoms with Gasteiger partial charge in [-0.15, -0.1) is 0 Å². The van der Waals surface area contributed by atoms with Gasteiger partial charge in [0, 0.05) is 16.8 Å². The number of hydrogen-bond acceptors (Lipinski definition) is 3. The molecule has 0 radical (unpaired) electrons. The standard InChI is InChI=1S/C20H18ClNO3/c1-20(2)12-17(23)16-11-15(7-8-18(16)25-20)22-19(24)9-6-13-4-3-5-14(21)10-13/h3-11H,12H2,1-2H3,(H,22,24)/b9-6+. The summed E-state index contributed by atoms with van der Waals surface area (Å²) in [5.41, 5.74) is 1.38. The van der Waals surface area contributed by atoms with Crippen LogP contribution in [0.15, 0.2) is 48.5 Å². The van der Waals surface area contributed by atoms with Gasteiger partial charge in [-0.1, -0.05) is 23.7 Å². The van der Waals surface area contributed by atoms with E-state index < -0.39 is 5.60 Å². The van der Waals surface area contributed by atoms with Crippen LogP contribution in [0.1, 0.15) is 36.2 Å². The lowest BCUT2D eigenvalue weighted by Gasteiger charge is -2.31. The van der Waals surface area contributed by atoms with E-state index in [1.807, 2.05) is 26.0 Å². The van der Waals surface area contributed by atoms with Gasteiger partial charge in [-0.3, -0.25) is 9.59 Å². The van der Waals surface area contributed by atoms with E-state index >= 15 is 0 Å². The molecule has 5 heteroatoms. The average molecular weight is 356 g/mol. The molecule has 1 aliphatic rings. The molecule has 1 aliphatic heterocycles. The van der Waals surface area contributed by atoms with Gasteiger partial charge in [0.2, 0.25) is 5.91 Å². The maximum absolute atomic E-state index is 12.3. The molecule has 0 saturated heterocycles. The molecular weight excluding hydrogens is 338 g/mol. The monoisotopic (exact) mass is 355 g/mol. The Kier molecular flexibility index (Phi) is 4.64. The number of amides is 1. The van der Waals surface area contributed by atoms with Gasteiger partial charge in [0.05, 0.1) is 12.0 Å². The second-order valence-electron chi connectivity index (χ2n) is 6.55. The lowest BCUT2D eigenvalue weighted by atomic mass is 9.93. The smallest absolute Gasteiger partial charge is 0.248 e. The zero-order chi connectivity index (χ0) is 18.0. The van der Waals surface area contributed by atoms with Crippen LogP contribution >= 0.6 is 11.6 Å². The highest BCUT2D eigenvalue weighted by Gasteiger charge is 2.32. The van der Waals surface area contributed by atoms with Crippen LogP contribution in [0.2, 0.25) is 5.02 Å². The van der Waals surface area contributed by atoms with E-state index in [4.69, 9.17) is 16.3 Å². The number of ketones is 1. The third kappa shape index (κ3) is 4.28.